The molecule has 0 aliphatic rings. The van der Waals surface area contributed by atoms with E-state index in [-0.39, 0.29) is 17.4 Å². The van der Waals surface area contributed by atoms with Gasteiger partial charge in [0.05, 0.1) is 12.6 Å². The number of rotatable bonds is 8. The van der Waals surface area contributed by atoms with E-state index < -0.39 is 10.9 Å². The Balaban J connectivity index is 2.10. The summed E-state index contributed by atoms with van der Waals surface area (Å²) in [5, 5.41) is 13.6. The van der Waals surface area contributed by atoms with Crippen LogP contribution in [0.2, 0.25) is 0 Å². The molecule has 23 heavy (non-hydrogen) atoms. The predicted molar refractivity (Wildman–Crippen MR) is 90.9 cm³/mol. The summed E-state index contributed by atoms with van der Waals surface area (Å²) in [6, 6.07) is 6.82. The van der Waals surface area contributed by atoms with Crippen LogP contribution in [0.25, 0.3) is 0 Å². The lowest BCUT2D eigenvalue weighted by atomic mass is 10.1. The first-order valence-electron chi connectivity index (χ1n) is 7.77. The van der Waals surface area contributed by atoms with Crippen LogP contribution in [0.15, 0.2) is 33.9 Å². The molecule has 0 aliphatic carbocycles. The van der Waals surface area contributed by atoms with Crippen molar-refractivity contribution in [2.24, 2.45) is 0 Å². The van der Waals surface area contributed by atoms with Crippen molar-refractivity contribution in [3.63, 3.8) is 0 Å². The van der Waals surface area contributed by atoms with Crippen molar-refractivity contribution in [3.8, 4) is 5.75 Å². The molecule has 0 bridgehead atoms. The van der Waals surface area contributed by atoms with Crippen molar-refractivity contribution in [3.05, 3.63) is 44.7 Å². The molecule has 2 N–H and O–H groups in total. The topological polar surface area (TPSA) is 78.9 Å². The van der Waals surface area contributed by atoms with Crippen molar-refractivity contribution in [1.29, 1.82) is 0 Å². The average Bonchev–Trinajstić information content (AvgIpc) is 2.55. The summed E-state index contributed by atoms with van der Waals surface area (Å²) in [4.78, 5) is 23.4. The van der Waals surface area contributed by atoms with Crippen molar-refractivity contribution < 1.29 is 9.94 Å². The number of nitrogens with zero attached hydrogens (tertiary/aromatic N) is 1. The van der Waals surface area contributed by atoms with E-state index in [2.05, 4.69) is 12.2 Å². The minimum atomic E-state index is -0.678. The first kappa shape index (κ1) is 17.0. The molecule has 0 heterocycles. The second-order valence-electron chi connectivity index (χ2n) is 5.67. The van der Waals surface area contributed by atoms with Crippen molar-refractivity contribution in [2.75, 3.05) is 17.0 Å². The number of anilines is 3. The van der Waals surface area contributed by atoms with Crippen LogP contribution in [-0.2, 0) is 0 Å². The molecular weight excluding hydrogens is 296 g/mol. The smallest absolute Gasteiger partial charge is 0.255 e. The van der Waals surface area contributed by atoms with Crippen LogP contribution < -0.4 is 26.0 Å². The van der Waals surface area contributed by atoms with E-state index in [0.29, 0.717) is 12.3 Å². The van der Waals surface area contributed by atoms with Crippen LogP contribution in [0.5, 0.6) is 5.75 Å². The molecule has 0 atom stereocenters. The highest BCUT2D eigenvalue weighted by atomic mass is 16.5. The molecule has 124 valence electrons. The van der Waals surface area contributed by atoms with E-state index in [1.807, 2.05) is 0 Å². The Labute approximate surface area is 135 Å². The lowest BCUT2D eigenvalue weighted by Gasteiger charge is -2.24. The summed E-state index contributed by atoms with van der Waals surface area (Å²) in [6.45, 7) is 6.21. The molecule has 0 saturated carbocycles. The third-order valence-corrected chi connectivity index (χ3v) is 3.49. The summed E-state index contributed by atoms with van der Waals surface area (Å²) in [5.41, 5.74) is -0.524. The van der Waals surface area contributed by atoms with E-state index in [1.165, 1.54) is 0 Å². The lowest BCUT2D eigenvalue weighted by molar-refractivity contribution is 0.228. The van der Waals surface area contributed by atoms with Crippen LogP contribution in [0, 0.1) is 0 Å². The maximum Gasteiger partial charge on any atom is 0.255 e. The third-order valence-electron chi connectivity index (χ3n) is 3.49. The fourth-order valence-electron chi connectivity index (χ4n) is 2.09. The van der Waals surface area contributed by atoms with Gasteiger partial charge in [0.25, 0.3) is 10.9 Å². The summed E-state index contributed by atoms with van der Waals surface area (Å²) >= 11 is 0. The van der Waals surface area contributed by atoms with Gasteiger partial charge in [-0.15, -0.1) is 0 Å². The molecule has 0 amide bonds. The van der Waals surface area contributed by atoms with E-state index in [1.54, 1.807) is 38.1 Å². The fourth-order valence-corrected chi connectivity index (χ4v) is 2.09. The van der Waals surface area contributed by atoms with Crippen molar-refractivity contribution in [2.45, 2.75) is 39.7 Å². The van der Waals surface area contributed by atoms with Gasteiger partial charge in [0, 0.05) is 5.69 Å². The van der Waals surface area contributed by atoms with Gasteiger partial charge in [-0.1, -0.05) is 13.3 Å². The van der Waals surface area contributed by atoms with Crippen molar-refractivity contribution >= 4 is 17.1 Å². The molecule has 0 aromatic heterocycles. The highest BCUT2D eigenvalue weighted by Crippen LogP contribution is 2.25. The van der Waals surface area contributed by atoms with Gasteiger partial charge in [-0.25, -0.2) is 5.06 Å². The molecule has 0 spiro atoms. The van der Waals surface area contributed by atoms with Gasteiger partial charge in [-0.05, 0) is 44.5 Å². The molecule has 0 radical (unpaired) electrons. The zero-order chi connectivity index (χ0) is 17.0. The van der Waals surface area contributed by atoms with Crippen LogP contribution in [0.4, 0.5) is 17.1 Å². The van der Waals surface area contributed by atoms with Gasteiger partial charge in [-0.2, -0.15) is 0 Å². The number of benzene rings is 1. The molecule has 2 rings (SSSR count). The number of unbranched alkanes of at least 4 members (excludes halogenated alkanes) is 1. The molecule has 2 aromatic rings. The number of ether oxygens (including phenoxy) is 1. The van der Waals surface area contributed by atoms with E-state index >= 15 is 0 Å². The second-order valence-corrected chi connectivity index (χ2v) is 5.67. The zero-order valence-corrected chi connectivity index (χ0v) is 13.6. The molecule has 0 unspecified atom stereocenters. The van der Waals surface area contributed by atoms with Crippen molar-refractivity contribution in [1.82, 2.24) is 0 Å². The normalized spacial score (nSPS) is 11.0. The van der Waals surface area contributed by atoms with Gasteiger partial charge >= 0.3 is 0 Å². The van der Waals surface area contributed by atoms with Crippen LogP contribution in [-0.4, -0.2) is 17.9 Å². The van der Waals surface area contributed by atoms with Crippen LogP contribution >= 0.6 is 0 Å². The van der Waals surface area contributed by atoms with Gasteiger partial charge < -0.3 is 10.1 Å². The molecule has 0 saturated heterocycles. The highest BCUT2D eigenvalue weighted by molar-refractivity contribution is 5.79. The maximum absolute atomic E-state index is 11.7. The van der Waals surface area contributed by atoms with Crippen LogP contribution in [0.3, 0.4) is 0 Å². The number of hydrogen-bond donors (Lipinski definition) is 2. The molecule has 0 fully saturated rings. The Morgan fingerprint density at radius 3 is 2.39 bits per heavy atom. The SMILES string of the molecule is CCCCOc1ccc(Nc2c(N(O)C(C)C)c(=O)c2=O)cc1. The minimum absolute atomic E-state index is 0.00766. The molecular formula is C17H22N2O4. The quantitative estimate of drug-likeness (QED) is 0.443. The average molecular weight is 318 g/mol. The Bertz CT molecular complexity index is 715. The largest absolute Gasteiger partial charge is 0.494 e. The summed E-state index contributed by atoms with van der Waals surface area (Å²) in [7, 11) is 0. The first-order valence-corrected chi connectivity index (χ1v) is 7.77. The van der Waals surface area contributed by atoms with Gasteiger partial charge in [-0.3, -0.25) is 14.8 Å². The minimum Gasteiger partial charge on any atom is -0.494 e. The number of hydroxylamine groups is 1. The molecule has 6 nitrogen and oxygen atoms in total. The maximum atomic E-state index is 11.7. The van der Waals surface area contributed by atoms with E-state index in [9.17, 15) is 14.8 Å². The first-order chi connectivity index (χ1) is 11.0. The van der Waals surface area contributed by atoms with E-state index in [4.69, 9.17) is 4.74 Å². The predicted octanol–water partition coefficient (Wildman–Crippen LogP) is 2.81. The Hall–Kier alpha value is -2.34. The number of hydrogen-bond acceptors (Lipinski definition) is 6. The summed E-state index contributed by atoms with van der Waals surface area (Å²) < 4.78 is 5.57. The van der Waals surface area contributed by atoms with Gasteiger partial charge in [0.15, 0.2) is 0 Å². The Kier molecular flexibility index (Phi) is 5.39. The van der Waals surface area contributed by atoms with Gasteiger partial charge in [0.2, 0.25) is 0 Å². The Morgan fingerprint density at radius 1 is 1.17 bits per heavy atom. The molecule has 6 heteroatoms. The zero-order valence-electron chi connectivity index (χ0n) is 13.6. The standard InChI is InChI=1S/C17H22N2O4/c1-4-5-10-23-13-8-6-12(7-9-13)18-14-15(17(21)16(14)20)19(22)11(2)3/h6-9,11,18,22H,4-5,10H2,1-3H3. The van der Waals surface area contributed by atoms with E-state index in [0.717, 1.165) is 23.7 Å². The lowest BCUT2D eigenvalue weighted by Crippen LogP contribution is -2.43. The number of nitrogens with one attached hydrogen (secondary N) is 1. The second kappa shape index (κ2) is 7.28. The van der Waals surface area contributed by atoms with Crippen LogP contribution in [0.1, 0.15) is 33.6 Å². The highest BCUT2D eigenvalue weighted by Gasteiger charge is 2.26. The molecule has 0 aliphatic heterocycles. The van der Waals surface area contributed by atoms with Gasteiger partial charge in [0.1, 0.15) is 17.1 Å². The molecule has 2 aromatic carbocycles. The monoisotopic (exact) mass is 318 g/mol. The summed E-state index contributed by atoms with van der Waals surface area (Å²) in [5.74, 6) is 0.750. The Morgan fingerprint density at radius 2 is 1.83 bits per heavy atom. The fraction of sp³-hybridized carbons (Fsp3) is 0.412. The third kappa shape index (κ3) is 3.71. The summed E-state index contributed by atoms with van der Waals surface area (Å²) in [6.07, 6.45) is 2.06.